The van der Waals surface area contributed by atoms with Crippen molar-refractivity contribution >= 4 is 51.4 Å². The quantitative estimate of drug-likeness (QED) is 0.783. The summed E-state index contributed by atoms with van der Waals surface area (Å²) in [5, 5.41) is 15.7. The van der Waals surface area contributed by atoms with Gasteiger partial charge in [0, 0.05) is 31.9 Å². The molecule has 2 aromatic heterocycles. The number of amidine groups is 1. The van der Waals surface area contributed by atoms with Gasteiger partial charge in [-0.1, -0.05) is 22.3 Å². The van der Waals surface area contributed by atoms with Crippen molar-refractivity contribution in [1.29, 1.82) is 0 Å². The normalized spacial score (nSPS) is 18.1. The molecule has 2 aromatic rings. The van der Waals surface area contributed by atoms with E-state index in [1.165, 1.54) is 16.4 Å². The lowest BCUT2D eigenvalue weighted by atomic mass is 10.3. The maximum Gasteiger partial charge on any atom is 0.267 e. The van der Waals surface area contributed by atoms with Gasteiger partial charge < -0.3 is 9.80 Å². The van der Waals surface area contributed by atoms with Gasteiger partial charge in [0.05, 0.1) is 16.3 Å². The van der Waals surface area contributed by atoms with E-state index < -0.39 is 0 Å². The number of thioether (sulfide) groups is 1. The summed E-state index contributed by atoms with van der Waals surface area (Å²) in [7, 11) is 0. The Morgan fingerprint density at radius 2 is 2.04 bits per heavy atom. The van der Waals surface area contributed by atoms with Crippen molar-refractivity contribution in [2.75, 3.05) is 31.9 Å². The Kier molecular flexibility index (Phi) is 4.82. The van der Waals surface area contributed by atoms with Crippen molar-refractivity contribution in [3.63, 3.8) is 0 Å². The van der Waals surface area contributed by atoms with Crippen molar-refractivity contribution < 1.29 is 4.79 Å². The summed E-state index contributed by atoms with van der Waals surface area (Å²) in [5.41, 5.74) is 1.74. The summed E-state index contributed by atoms with van der Waals surface area (Å²) >= 11 is 4.57. The van der Waals surface area contributed by atoms with Gasteiger partial charge in [-0.15, -0.1) is 21.5 Å². The molecule has 0 aromatic carbocycles. The standard InChI is InChI=1S/C15H16N6OS3/c1-10-13(25-19-16-10)14(22)20-4-6-21(7-5-20)15-18-17-11(9-24-15)12-3-2-8-23-12/h2-3,8H,4-7,9H2,1H3. The lowest BCUT2D eigenvalue weighted by molar-refractivity contribution is 0.0697. The van der Waals surface area contributed by atoms with E-state index >= 15 is 0 Å². The van der Waals surface area contributed by atoms with Crippen LogP contribution in [0.3, 0.4) is 0 Å². The molecule has 0 atom stereocenters. The minimum atomic E-state index is 0.0309. The van der Waals surface area contributed by atoms with Crippen molar-refractivity contribution in [3.8, 4) is 0 Å². The second kappa shape index (κ2) is 7.22. The highest BCUT2D eigenvalue weighted by atomic mass is 32.2. The Balaban J connectivity index is 1.38. The third kappa shape index (κ3) is 3.46. The minimum absolute atomic E-state index is 0.0309. The number of rotatable bonds is 2. The van der Waals surface area contributed by atoms with Gasteiger partial charge in [0.2, 0.25) is 0 Å². The van der Waals surface area contributed by atoms with Gasteiger partial charge in [-0.05, 0) is 29.9 Å². The van der Waals surface area contributed by atoms with Crippen LogP contribution in [0.15, 0.2) is 27.7 Å². The number of piperazine rings is 1. The molecule has 0 bridgehead atoms. The van der Waals surface area contributed by atoms with E-state index in [0.29, 0.717) is 23.7 Å². The average Bonchev–Trinajstić information content (AvgIpc) is 3.33. The Hall–Kier alpha value is -1.78. The van der Waals surface area contributed by atoms with E-state index in [-0.39, 0.29) is 5.91 Å². The molecule has 1 amide bonds. The van der Waals surface area contributed by atoms with Crippen LogP contribution in [0.1, 0.15) is 20.2 Å². The van der Waals surface area contributed by atoms with Crippen LogP contribution in [0.4, 0.5) is 0 Å². The second-order valence-corrected chi connectivity index (χ2v) is 8.31. The predicted molar refractivity (Wildman–Crippen MR) is 103 cm³/mol. The molecule has 2 aliphatic heterocycles. The fourth-order valence-corrected chi connectivity index (χ4v) is 5.05. The summed E-state index contributed by atoms with van der Waals surface area (Å²) in [6.45, 7) is 4.72. The first-order valence-electron chi connectivity index (χ1n) is 7.87. The van der Waals surface area contributed by atoms with E-state index in [0.717, 1.165) is 29.7 Å². The molecule has 1 saturated heterocycles. The van der Waals surface area contributed by atoms with Crippen molar-refractivity contribution in [1.82, 2.24) is 19.4 Å². The number of aromatic nitrogens is 2. The highest BCUT2D eigenvalue weighted by Crippen LogP contribution is 2.22. The zero-order chi connectivity index (χ0) is 17.2. The Morgan fingerprint density at radius 3 is 2.64 bits per heavy atom. The van der Waals surface area contributed by atoms with Crippen LogP contribution in [0.5, 0.6) is 0 Å². The number of hydrogen-bond acceptors (Lipinski definition) is 9. The average molecular weight is 393 g/mol. The van der Waals surface area contributed by atoms with E-state index in [4.69, 9.17) is 0 Å². The largest absolute Gasteiger partial charge is 0.346 e. The molecule has 0 saturated carbocycles. The van der Waals surface area contributed by atoms with Crippen molar-refractivity contribution in [2.24, 2.45) is 10.2 Å². The number of aryl methyl sites for hydroxylation is 1. The molecule has 0 unspecified atom stereocenters. The van der Waals surface area contributed by atoms with E-state index in [1.807, 2.05) is 17.9 Å². The number of carbonyl (C=O) groups excluding carboxylic acids is 1. The van der Waals surface area contributed by atoms with Gasteiger partial charge in [-0.2, -0.15) is 5.10 Å². The van der Waals surface area contributed by atoms with Crippen molar-refractivity contribution in [3.05, 3.63) is 33.0 Å². The molecule has 1 fully saturated rings. The molecular formula is C15H16N6OS3. The van der Waals surface area contributed by atoms with Gasteiger partial charge >= 0.3 is 0 Å². The highest BCUT2D eigenvalue weighted by Gasteiger charge is 2.27. The first kappa shape index (κ1) is 16.7. The third-order valence-corrected chi connectivity index (χ3v) is 6.83. The fourth-order valence-electron chi connectivity index (χ4n) is 2.68. The molecule has 130 valence electrons. The molecule has 4 heterocycles. The van der Waals surface area contributed by atoms with Crippen LogP contribution in [0.25, 0.3) is 0 Å². The summed E-state index contributed by atoms with van der Waals surface area (Å²) < 4.78 is 3.85. The van der Waals surface area contributed by atoms with Gasteiger partial charge in [-0.3, -0.25) is 4.79 Å². The molecule has 0 N–H and O–H groups in total. The molecule has 0 radical (unpaired) electrons. The smallest absolute Gasteiger partial charge is 0.267 e. The Bertz CT molecular complexity index is 820. The molecule has 10 heteroatoms. The molecule has 25 heavy (non-hydrogen) atoms. The fraction of sp³-hybridized carbons (Fsp3) is 0.400. The van der Waals surface area contributed by atoms with Gasteiger partial charge in [0.15, 0.2) is 5.17 Å². The number of nitrogens with zero attached hydrogens (tertiary/aromatic N) is 6. The zero-order valence-corrected chi connectivity index (χ0v) is 16.0. The minimum Gasteiger partial charge on any atom is -0.346 e. The Labute approximate surface area is 157 Å². The van der Waals surface area contributed by atoms with Gasteiger partial charge in [-0.25, -0.2) is 0 Å². The van der Waals surface area contributed by atoms with E-state index in [1.54, 1.807) is 23.1 Å². The predicted octanol–water partition coefficient (Wildman–Crippen LogP) is 2.17. The first-order valence-corrected chi connectivity index (χ1v) is 10.5. The SMILES string of the molecule is Cc1nnsc1C(=O)N1CCN(C2=NN=C(c3cccs3)CS2)CC1. The van der Waals surface area contributed by atoms with Crippen LogP contribution < -0.4 is 0 Å². The molecular weight excluding hydrogens is 376 g/mol. The number of hydrogen-bond donors (Lipinski definition) is 0. The van der Waals surface area contributed by atoms with Crippen LogP contribution >= 0.6 is 34.6 Å². The van der Waals surface area contributed by atoms with Crippen LogP contribution in [0.2, 0.25) is 0 Å². The third-order valence-electron chi connectivity index (χ3n) is 4.08. The number of amides is 1. The van der Waals surface area contributed by atoms with Crippen LogP contribution in [-0.2, 0) is 0 Å². The lowest BCUT2D eigenvalue weighted by Crippen LogP contribution is -2.50. The van der Waals surface area contributed by atoms with Gasteiger partial charge in [0.25, 0.3) is 5.91 Å². The topological polar surface area (TPSA) is 74.1 Å². The van der Waals surface area contributed by atoms with E-state index in [2.05, 4.69) is 36.1 Å². The van der Waals surface area contributed by atoms with Crippen molar-refractivity contribution in [2.45, 2.75) is 6.92 Å². The summed E-state index contributed by atoms with van der Waals surface area (Å²) in [5.74, 6) is 0.868. The summed E-state index contributed by atoms with van der Waals surface area (Å²) in [4.78, 5) is 18.4. The monoisotopic (exact) mass is 392 g/mol. The van der Waals surface area contributed by atoms with Crippen LogP contribution in [0, 0.1) is 6.92 Å². The Morgan fingerprint density at radius 1 is 1.20 bits per heavy atom. The highest BCUT2D eigenvalue weighted by molar-refractivity contribution is 8.14. The second-order valence-electron chi connectivity index (χ2n) is 5.66. The molecule has 0 aliphatic carbocycles. The van der Waals surface area contributed by atoms with Gasteiger partial charge in [0.1, 0.15) is 4.88 Å². The maximum atomic E-state index is 12.5. The van der Waals surface area contributed by atoms with Crippen LogP contribution in [-0.4, -0.2) is 68.1 Å². The zero-order valence-electron chi connectivity index (χ0n) is 13.6. The molecule has 2 aliphatic rings. The maximum absolute atomic E-state index is 12.5. The number of thiophene rings is 1. The molecule has 0 spiro atoms. The van der Waals surface area contributed by atoms with E-state index in [9.17, 15) is 4.79 Å². The first-order chi connectivity index (χ1) is 12.2. The molecule has 4 rings (SSSR count). The lowest BCUT2D eigenvalue weighted by Gasteiger charge is -2.36. The summed E-state index contributed by atoms with van der Waals surface area (Å²) in [6.07, 6.45) is 0. The number of carbonyl (C=O) groups is 1. The molecule has 7 nitrogen and oxygen atoms in total. The summed E-state index contributed by atoms with van der Waals surface area (Å²) in [6, 6.07) is 4.11.